The normalized spacial score (nSPS) is 10.2. The summed E-state index contributed by atoms with van der Waals surface area (Å²) < 4.78 is 10.6. The van der Waals surface area contributed by atoms with E-state index >= 15 is 0 Å². The van der Waals surface area contributed by atoms with Gasteiger partial charge in [0, 0.05) is 23.0 Å². The summed E-state index contributed by atoms with van der Waals surface area (Å²) in [5.74, 6) is 0.758. The summed E-state index contributed by atoms with van der Waals surface area (Å²) in [6.07, 6.45) is 1.55. The fraction of sp³-hybridized carbons (Fsp3) is 0.250. The maximum Gasteiger partial charge on any atom is 0.319 e. The van der Waals surface area contributed by atoms with Crippen LogP contribution >= 0.6 is 0 Å². The highest BCUT2D eigenvalue weighted by atomic mass is 16.5. The van der Waals surface area contributed by atoms with Gasteiger partial charge >= 0.3 is 6.03 Å². The fourth-order valence-electron chi connectivity index (χ4n) is 2.23. The molecule has 2 amide bonds. The molecule has 0 atom stereocenters. The van der Waals surface area contributed by atoms with Crippen molar-refractivity contribution in [1.82, 2.24) is 10.3 Å². The number of fused-ring (bicyclic) bond motifs is 1. The summed E-state index contributed by atoms with van der Waals surface area (Å²) in [5, 5.41) is 16.6. The van der Waals surface area contributed by atoms with Gasteiger partial charge in [0.2, 0.25) is 5.88 Å². The van der Waals surface area contributed by atoms with Crippen LogP contribution in [0.25, 0.3) is 10.8 Å². The molecule has 0 aliphatic rings. The molecule has 1 heterocycles. The number of nitrogens with one attached hydrogen (secondary N) is 2. The van der Waals surface area contributed by atoms with Gasteiger partial charge in [-0.3, -0.25) is 0 Å². The number of hydrogen-bond donors (Lipinski definition) is 3. The summed E-state index contributed by atoms with van der Waals surface area (Å²) in [4.78, 5) is 15.9. The Bertz CT molecular complexity index is 759. The Balaban J connectivity index is 2.58. The van der Waals surface area contributed by atoms with Gasteiger partial charge < -0.3 is 25.2 Å². The van der Waals surface area contributed by atoms with E-state index in [4.69, 9.17) is 9.47 Å². The van der Waals surface area contributed by atoms with Crippen LogP contribution in [0.3, 0.4) is 0 Å². The van der Waals surface area contributed by atoms with E-state index in [9.17, 15) is 9.90 Å². The number of ether oxygens (including phenoxy) is 2. The zero-order chi connectivity index (χ0) is 17.0. The molecule has 2 rings (SSSR count). The molecule has 0 saturated heterocycles. The number of aryl methyl sites for hydroxylation is 1. The Kier molecular flexibility index (Phi) is 4.90. The second kappa shape index (κ2) is 6.87. The first kappa shape index (κ1) is 16.4. The molecule has 0 saturated carbocycles. The Hall–Kier alpha value is -2.96. The zero-order valence-corrected chi connectivity index (χ0v) is 13.3. The highest BCUT2D eigenvalue weighted by molar-refractivity contribution is 6.05. The molecule has 1 aromatic carbocycles. The lowest BCUT2D eigenvalue weighted by molar-refractivity contribution is 0.253. The lowest BCUT2D eigenvalue weighted by Crippen LogP contribution is -2.28. The molecule has 23 heavy (non-hydrogen) atoms. The lowest BCUT2D eigenvalue weighted by Gasteiger charge is -2.15. The summed E-state index contributed by atoms with van der Waals surface area (Å²) in [7, 11) is 3.05. The van der Waals surface area contributed by atoms with E-state index in [0.29, 0.717) is 29.1 Å². The van der Waals surface area contributed by atoms with Crippen LogP contribution in [-0.4, -0.2) is 36.9 Å². The number of aromatic nitrogens is 1. The van der Waals surface area contributed by atoms with E-state index in [0.717, 1.165) is 5.39 Å². The molecule has 2 aromatic rings. The number of nitrogens with zero attached hydrogens (tertiary/aromatic N) is 1. The SMILES string of the molecule is C=CCNC(=O)Nc1c(O)nc(C)c2cc(OC)c(OC)cc12. The second-order valence-corrected chi connectivity index (χ2v) is 4.77. The van der Waals surface area contributed by atoms with E-state index < -0.39 is 6.03 Å². The number of carbonyl (C=O) groups is 1. The molecule has 7 heteroatoms. The van der Waals surface area contributed by atoms with Gasteiger partial charge in [0.25, 0.3) is 0 Å². The van der Waals surface area contributed by atoms with Crippen molar-refractivity contribution in [2.24, 2.45) is 0 Å². The van der Waals surface area contributed by atoms with E-state index in [1.807, 2.05) is 0 Å². The van der Waals surface area contributed by atoms with Gasteiger partial charge in [-0.2, -0.15) is 0 Å². The van der Waals surface area contributed by atoms with Crippen molar-refractivity contribution >= 4 is 22.5 Å². The summed E-state index contributed by atoms with van der Waals surface area (Å²) >= 11 is 0. The van der Waals surface area contributed by atoms with Gasteiger partial charge in [0.05, 0.1) is 14.2 Å². The number of methoxy groups -OCH3 is 2. The summed E-state index contributed by atoms with van der Waals surface area (Å²) in [5.41, 5.74) is 0.809. The van der Waals surface area contributed by atoms with E-state index in [-0.39, 0.29) is 11.6 Å². The first-order valence-electron chi connectivity index (χ1n) is 6.92. The van der Waals surface area contributed by atoms with Crippen LogP contribution in [0.4, 0.5) is 10.5 Å². The highest BCUT2D eigenvalue weighted by Crippen LogP contribution is 2.39. The minimum absolute atomic E-state index is 0.202. The van der Waals surface area contributed by atoms with Crippen molar-refractivity contribution in [1.29, 1.82) is 0 Å². The molecule has 1 aromatic heterocycles. The number of aromatic hydroxyl groups is 1. The lowest BCUT2D eigenvalue weighted by atomic mass is 10.1. The fourth-order valence-corrected chi connectivity index (χ4v) is 2.23. The van der Waals surface area contributed by atoms with Gasteiger partial charge in [-0.05, 0) is 19.1 Å². The molecule has 0 aliphatic heterocycles. The van der Waals surface area contributed by atoms with Crippen LogP contribution in [-0.2, 0) is 0 Å². The van der Waals surface area contributed by atoms with Gasteiger partial charge in [-0.25, -0.2) is 9.78 Å². The molecule has 0 radical (unpaired) electrons. The largest absolute Gasteiger partial charge is 0.493 e. The van der Waals surface area contributed by atoms with Crippen LogP contribution in [0.1, 0.15) is 5.69 Å². The average Bonchev–Trinajstić information content (AvgIpc) is 2.55. The van der Waals surface area contributed by atoms with Crippen molar-refractivity contribution in [2.45, 2.75) is 6.92 Å². The Morgan fingerprint density at radius 1 is 1.30 bits per heavy atom. The molecule has 7 nitrogen and oxygen atoms in total. The molecule has 0 spiro atoms. The van der Waals surface area contributed by atoms with Crippen molar-refractivity contribution in [3.05, 3.63) is 30.5 Å². The molecular weight excluding hydrogens is 298 g/mol. The number of pyridine rings is 1. The maximum atomic E-state index is 11.9. The number of rotatable bonds is 5. The van der Waals surface area contributed by atoms with Crippen molar-refractivity contribution in [3.63, 3.8) is 0 Å². The third-order valence-electron chi connectivity index (χ3n) is 3.33. The van der Waals surface area contributed by atoms with Crippen LogP contribution < -0.4 is 20.1 Å². The molecule has 0 unspecified atom stereocenters. The second-order valence-electron chi connectivity index (χ2n) is 4.77. The van der Waals surface area contributed by atoms with Crippen LogP contribution in [0.2, 0.25) is 0 Å². The van der Waals surface area contributed by atoms with Gasteiger partial charge in [0.15, 0.2) is 11.5 Å². The minimum atomic E-state index is -0.470. The van der Waals surface area contributed by atoms with E-state index in [1.54, 1.807) is 25.1 Å². The van der Waals surface area contributed by atoms with E-state index in [1.165, 1.54) is 14.2 Å². The zero-order valence-electron chi connectivity index (χ0n) is 13.3. The molecular formula is C16H19N3O4. The summed E-state index contributed by atoms with van der Waals surface area (Å²) in [6.45, 7) is 5.59. The monoisotopic (exact) mass is 317 g/mol. The molecule has 0 bridgehead atoms. The van der Waals surface area contributed by atoms with Crippen molar-refractivity contribution < 1.29 is 19.4 Å². The standard InChI is InChI=1S/C16H19N3O4/c1-5-6-17-16(21)19-14-11-8-13(23-4)12(22-3)7-10(11)9(2)18-15(14)20/h5,7-8H,1,6H2,2-4H3,(H,18,20)(H2,17,19,21). The minimum Gasteiger partial charge on any atom is -0.493 e. The highest BCUT2D eigenvalue weighted by Gasteiger charge is 2.17. The topological polar surface area (TPSA) is 92.7 Å². The third-order valence-corrected chi connectivity index (χ3v) is 3.33. The predicted molar refractivity (Wildman–Crippen MR) is 88.5 cm³/mol. The first-order valence-corrected chi connectivity index (χ1v) is 6.92. The quantitative estimate of drug-likeness (QED) is 0.737. The molecule has 0 aliphatic carbocycles. The number of carbonyl (C=O) groups excluding carboxylic acids is 1. The smallest absolute Gasteiger partial charge is 0.319 e. The molecule has 0 fully saturated rings. The third kappa shape index (κ3) is 3.28. The molecule has 122 valence electrons. The number of hydrogen-bond acceptors (Lipinski definition) is 5. The van der Waals surface area contributed by atoms with Crippen molar-refractivity contribution in [2.75, 3.05) is 26.1 Å². The molecule has 3 N–H and O–H groups in total. The van der Waals surface area contributed by atoms with Gasteiger partial charge in [-0.15, -0.1) is 6.58 Å². The maximum absolute atomic E-state index is 11.9. The number of anilines is 1. The van der Waals surface area contributed by atoms with Crippen LogP contribution in [0.5, 0.6) is 17.4 Å². The van der Waals surface area contributed by atoms with Gasteiger partial charge in [-0.1, -0.05) is 6.08 Å². The number of amides is 2. The van der Waals surface area contributed by atoms with Crippen LogP contribution in [0.15, 0.2) is 24.8 Å². The number of urea groups is 1. The average molecular weight is 317 g/mol. The van der Waals surface area contributed by atoms with Crippen LogP contribution in [0, 0.1) is 6.92 Å². The Morgan fingerprint density at radius 2 is 1.91 bits per heavy atom. The predicted octanol–water partition coefficient (Wildman–Crippen LogP) is 2.57. The number of benzene rings is 1. The summed E-state index contributed by atoms with van der Waals surface area (Å²) in [6, 6.07) is 2.97. The van der Waals surface area contributed by atoms with E-state index in [2.05, 4.69) is 22.2 Å². The van der Waals surface area contributed by atoms with Crippen molar-refractivity contribution in [3.8, 4) is 17.4 Å². The Morgan fingerprint density at radius 3 is 2.48 bits per heavy atom. The Labute approximate surface area is 133 Å². The first-order chi connectivity index (χ1) is 11.0. The van der Waals surface area contributed by atoms with Gasteiger partial charge in [0.1, 0.15) is 5.69 Å².